The van der Waals surface area contributed by atoms with Crippen LogP contribution in [0.15, 0.2) is 45.1 Å². The molecule has 234 valence electrons. The number of hydrazone groups is 1. The van der Waals surface area contributed by atoms with Gasteiger partial charge in [0.1, 0.15) is 11.4 Å². The van der Waals surface area contributed by atoms with Gasteiger partial charge in [0.25, 0.3) is 5.22 Å². The van der Waals surface area contributed by atoms with Crippen molar-refractivity contribution in [3.63, 3.8) is 0 Å². The predicted molar refractivity (Wildman–Crippen MR) is 168 cm³/mol. The zero-order chi connectivity index (χ0) is 30.4. The molecular weight excluding hydrogens is 579 g/mol. The van der Waals surface area contributed by atoms with Crippen LogP contribution in [0.3, 0.4) is 0 Å². The first kappa shape index (κ1) is 28.8. The second-order valence-corrected chi connectivity index (χ2v) is 15.5. The zero-order valence-corrected chi connectivity index (χ0v) is 26.1. The fourth-order valence-electron chi connectivity index (χ4n) is 10.7. The molecule has 1 aromatic heterocycles. The van der Waals surface area contributed by atoms with Gasteiger partial charge in [0.05, 0.1) is 23.6 Å². The van der Waals surface area contributed by atoms with E-state index in [-0.39, 0.29) is 52.5 Å². The van der Waals surface area contributed by atoms with Gasteiger partial charge in [-0.25, -0.2) is 4.39 Å². The quantitative estimate of drug-likeness (QED) is 0.362. The summed E-state index contributed by atoms with van der Waals surface area (Å²) in [6, 6.07) is 6.84. The van der Waals surface area contributed by atoms with E-state index in [9.17, 15) is 19.4 Å². The maximum Gasteiger partial charge on any atom is 0.258 e. The Hall–Kier alpha value is -2.69. The van der Waals surface area contributed by atoms with Gasteiger partial charge in [-0.05, 0) is 104 Å². The maximum atomic E-state index is 13.8. The number of fused-ring (bicyclic) bond motifs is 7. The molecular formula is C34H41FN4O4S. The van der Waals surface area contributed by atoms with Gasteiger partial charge >= 0.3 is 0 Å². The van der Waals surface area contributed by atoms with Crippen LogP contribution in [0, 0.1) is 46.2 Å². The summed E-state index contributed by atoms with van der Waals surface area (Å²) in [5.41, 5.74) is -1.29. The number of nitrogens with one attached hydrogen (secondary N) is 1. The Morgan fingerprint density at radius 1 is 1.20 bits per heavy atom. The van der Waals surface area contributed by atoms with Gasteiger partial charge in [-0.2, -0.15) is 10.1 Å². The van der Waals surface area contributed by atoms with Crippen LogP contribution in [-0.2, 0) is 4.79 Å². The molecule has 4 fully saturated rings. The average molecular weight is 621 g/mol. The molecule has 8 rings (SSSR count). The lowest BCUT2D eigenvalue weighted by molar-refractivity contribution is -0.198. The van der Waals surface area contributed by atoms with Crippen LogP contribution in [0.25, 0.3) is 6.08 Å². The molecule has 4 aliphatic carbocycles. The number of Topliss-reactive ketones (excluding diaryl/α,β-unsaturated/α-hetero) is 1. The van der Waals surface area contributed by atoms with Crippen molar-refractivity contribution < 1.29 is 23.8 Å². The molecule has 6 aliphatic rings. The van der Waals surface area contributed by atoms with Crippen molar-refractivity contribution in [2.45, 2.75) is 81.8 Å². The molecule has 3 N–H and O–H groups in total. The van der Waals surface area contributed by atoms with Gasteiger partial charge in [0, 0.05) is 24.1 Å². The summed E-state index contributed by atoms with van der Waals surface area (Å²) in [7, 11) is 0. The number of nitrogens with zero attached hydrogens (tertiary/aromatic N) is 3. The third kappa shape index (κ3) is 4.12. The van der Waals surface area contributed by atoms with E-state index >= 15 is 0 Å². The van der Waals surface area contributed by atoms with Crippen molar-refractivity contribution in [2.24, 2.45) is 45.5 Å². The highest BCUT2D eigenvalue weighted by molar-refractivity contribution is 7.99. The number of rotatable bonds is 5. The first-order valence-electron chi connectivity index (χ1n) is 16.2. The summed E-state index contributed by atoms with van der Waals surface area (Å²) in [6.45, 7) is 5.13. The first-order chi connectivity index (χ1) is 21.1. The molecule has 10 atom stereocenters. The molecule has 8 nitrogen and oxygen atoms in total. The zero-order valence-electron chi connectivity index (χ0n) is 25.3. The second kappa shape index (κ2) is 10.2. The molecule has 10 heteroatoms. The third-order valence-corrected chi connectivity index (χ3v) is 13.5. The lowest BCUT2D eigenvalue weighted by atomic mass is 9.42. The number of hydrogen-bond acceptors (Lipinski definition) is 9. The smallest absolute Gasteiger partial charge is 0.258 e. The standard InChI is InChI=1S/C34H41FN4O4S/c1-32-15-19-17-37-39(22-8-6-21(35)7-9-22)25(19)14-20(32)5-10-23-24-11-12-34(42,33(24,2)16-26(40)29(23)32)28(41)18-44-31-38-30-27(43-31)4-3-13-36-30/h3-4,6-9,17,19-20,23-26,29,36,40,42H,5,10-16,18H2,1-2H3. The van der Waals surface area contributed by atoms with Gasteiger partial charge in [-0.15, -0.1) is 0 Å². The minimum absolute atomic E-state index is 0.0528. The van der Waals surface area contributed by atoms with E-state index in [1.807, 2.05) is 12.2 Å². The van der Waals surface area contributed by atoms with Gasteiger partial charge in [-0.3, -0.25) is 9.80 Å². The van der Waals surface area contributed by atoms with Crippen LogP contribution in [0.5, 0.6) is 0 Å². The monoisotopic (exact) mass is 620 g/mol. The van der Waals surface area contributed by atoms with Gasteiger partial charge in [0.2, 0.25) is 0 Å². The topological polar surface area (TPSA) is 111 Å². The number of aromatic nitrogens is 1. The summed E-state index contributed by atoms with van der Waals surface area (Å²) in [4.78, 5) is 18.3. The highest BCUT2D eigenvalue weighted by Crippen LogP contribution is 2.69. The second-order valence-electron chi connectivity index (χ2n) is 14.6. The highest BCUT2D eigenvalue weighted by Gasteiger charge is 2.69. The van der Waals surface area contributed by atoms with Crippen LogP contribution >= 0.6 is 11.8 Å². The highest BCUT2D eigenvalue weighted by atomic mass is 32.2. The number of aliphatic hydroxyl groups excluding tert-OH is 1. The summed E-state index contributed by atoms with van der Waals surface area (Å²) < 4.78 is 19.4. The molecule has 1 aromatic carbocycles. The SMILES string of the molecule is CC12CC3C=NN(c4ccc(F)cc4)C3CC1CCC1C2C(O)CC2(C)C1CCC2(O)C(=O)CSc1nc2c(o1)C=CCN2. The minimum Gasteiger partial charge on any atom is -0.430 e. The van der Waals surface area contributed by atoms with Crippen molar-refractivity contribution in [3.05, 3.63) is 41.9 Å². The van der Waals surface area contributed by atoms with Crippen LogP contribution in [0.4, 0.5) is 15.9 Å². The van der Waals surface area contributed by atoms with E-state index in [4.69, 9.17) is 9.52 Å². The van der Waals surface area contributed by atoms with Crippen molar-refractivity contribution in [1.29, 1.82) is 0 Å². The third-order valence-electron chi connectivity index (χ3n) is 12.7. The number of aliphatic hydroxyl groups is 2. The Labute approximate surface area is 261 Å². The van der Waals surface area contributed by atoms with Crippen LogP contribution in [0.2, 0.25) is 0 Å². The Kier molecular flexibility index (Phi) is 6.64. The molecule has 0 radical (unpaired) electrons. The van der Waals surface area contributed by atoms with E-state index in [1.165, 1.54) is 23.9 Å². The van der Waals surface area contributed by atoms with E-state index in [1.54, 1.807) is 12.1 Å². The average Bonchev–Trinajstić information content (AvgIpc) is 3.68. The summed E-state index contributed by atoms with van der Waals surface area (Å²) in [5.74, 6) is 2.27. The van der Waals surface area contributed by atoms with E-state index in [0.717, 1.165) is 37.8 Å². The first-order valence-corrected chi connectivity index (χ1v) is 17.2. The number of hydrogen-bond donors (Lipinski definition) is 3. The van der Waals surface area contributed by atoms with Gasteiger partial charge in [0.15, 0.2) is 17.4 Å². The van der Waals surface area contributed by atoms with Crippen molar-refractivity contribution in [2.75, 3.05) is 22.6 Å². The number of anilines is 2. The van der Waals surface area contributed by atoms with Crippen LogP contribution < -0.4 is 10.3 Å². The summed E-state index contributed by atoms with van der Waals surface area (Å²) >= 11 is 1.23. The lowest BCUT2D eigenvalue weighted by Crippen LogP contribution is -2.64. The molecule has 2 aliphatic heterocycles. The molecule has 0 bridgehead atoms. The largest absolute Gasteiger partial charge is 0.430 e. The predicted octanol–water partition coefficient (Wildman–Crippen LogP) is 5.76. The number of benzene rings is 1. The Morgan fingerprint density at radius 2 is 2.02 bits per heavy atom. The van der Waals surface area contributed by atoms with Crippen molar-refractivity contribution in [3.8, 4) is 0 Å². The van der Waals surface area contributed by atoms with Gasteiger partial charge in [-0.1, -0.05) is 31.7 Å². The molecule has 4 saturated carbocycles. The fraction of sp³-hybridized carbons (Fsp3) is 0.618. The number of carbonyl (C=O) groups excluding carboxylic acids is 1. The fourth-order valence-corrected chi connectivity index (χ4v) is 11.4. The molecule has 2 aromatic rings. The normalized spacial score (nSPS) is 41.8. The number of ketones is 1. The number of halogens is 1. The maximum absolute atomic E-state index is 13.8. The molecule has 0 spiro atoms. The number of carbonyl (C=O) groups is 1. The molecule has 10 unspecified atom stereocenters. The van der Waals surface area contributed by atoms with Crippen molar-refractivity contribution >= 4 is 41.3 Å². The Morgan fingerprint density at radius 3 is 2.82 bits per heavy atom. The van der Waals surface area contributed by atoms with Crippen molar-refractivity contribution in [1.82, 2.24) is 4.98 Å². The number of thioether (sulfide) groups is 1. The summed E-state index contributed by atoms with van der Waals surface area (Å²) in [6.07, 6.45) is 11.0. The minimum atomic E-state index is -1.48. The molecule has 44 heavy (non-hydrogen) atoms. The Balaban J connectivity index is 0.998. The van der Waals surface area contributed by atoms with E-state index in [2.05, 4.69) is 35.4 Å². The van der Waals surface area contributed by atoms with Crippen LogP contribution in [0.1, 0.15) is 64.6 Å². The summed E-state index contributed by atoms with van der Waals surface area (Å²) in [5, 5.41) is 34.6. The van der Waals surface area contributed by atoms with E-state index in [0.29, 0.717) is 42.1 Å². The molecule has 0 saturated heterocycles. The Bertz CT molecular complexity index is 1530. The molecule has 3 heterocycles. The van der Waals surface area contributed by atoms with Crippen LogP contribution in [-0.4, -0.2) is 57.2 Å². The van der Waals surface area contributed by atoms with E-state index < -0.39 is 17.1 Å². The number of oxazole rings is 1. The lowest BCUT2D eigenvalue weighted by Gasteiger charge is -2.63. The van der Waals surface area contributed by atoms with Gasteiger partial charge < -0.3 is 19.9 Å². The molecule has 0 amide bonds.